The van der Waals surface area contributed by atoms with E-state index in [1.54, 1.807) is 12.1 Å². The summed E-state index contributed by atoms with van der Waals surface area (Å²) in [5, 5.41) is 6.31. The molecule has 4 heteroatoms. The summed E-state index contributed by atoms with van der Waals surface area (Å²) in [6, 6.07) is 13.4. The van der Waals surface area contributed by atoms with Crippen molar-refractivity contribution in [1.29, 1.82) is 0 Å². The molecule has 0 aromatic heterocycles. The van der Waals surface area contributed by atoms with Crippen molar-refractivity contribution in [2.24, 2.45) is 0 Å². The number of carbonyl (C=O) groups is 1. The highest BCUT2D eigenvalue weighted by Crippen LogP contribution is 2.25. The molecular formula is C16H15BrN2O. The van der Waals surface area contributed by atoms with Gasteiger partial charge in [0.1, 0.15) is 0 Å². The monoisotopic (exact) mass is 330 g/mol. The number of rotatable bonds is 2. The molecule has 102 valence electrons. The summed E-state index contributed by atoms with van der Waals surface area (Å²) in [5.41, 5.74) is 3.95. The Kier molecular flexibility index (Phi) is 3.74. The summed E-state index contributed by atoms with van der Waals surface area (Å²) in [7, 11) is 0. The van der Waals surface area contributed by atoms with Gasteiger partial charge >= 0.3 is 0 Å². The van der Waals surface area contributed by atoms with Crippen LogP contribution in [0, 0.1) is 0 Å². The number of hydrogen-bond acceptors (Lipinski definition) is 2. The molecule has 3 rings (SSSR count). The van der Waals surface area contributed by atoms with Gasteiger partial charge in [-0.3, -0.25) is 4.79 Å². The molecule has 3 nitrogen and oxygen atoms in total. The Balaban J connectivity index is 1.77. The fourth-order valence-corrected chi connectivity index (χ4v) is 2.62. The van der Waals surface area contributed by atoms with E-state index in [0.29, 0.717) is 5.56 Å². The second-order valence-corrected chi connectivity index (χ2v) is 5.78. The average molecular weight is 331 g/mol. The number of halogens is 1. The predicted octanol–water partition coefficient (Wildman–Crippen LogP) is 4.06. The molecule has 0 atom stereocenters. The average Bonchev–Trinajstić information content (AvgIpc) is 2.48. The first-order valence-electron chi connectivity index (χ1n) is 6.66. The van der Waals surface area contributed by atoms with Crippen LogP contribution in [0.4, 0.5) is 11.4 Å². The number of aryl methyl sites for hydroxylation is 1. The topological polar surface area (TPSA) is 41.1 Å². The molecule has 0 aliphatic carbocycles. The maximum atomic E-state index is 12.2. The highest BCUT2D eigenvalue weighted by Gasteiger charge is 2.11. The fourth-order valence-electron chi connectivity index (χ4n) is 2.36. The zero-order chi connectivity index (χ0) is 13.9. The molecule has 1 aliphatic rings. The molecule has 0 saturated heterocycles. The van der Waals surface area contributed by atoms with Gasteiger partial charge in [0.25, 0.3) is 5.91 Å². The second kappa shape index (κ2) is 5.67. The Morgan fingerprint density at radius 1 is 1.15 bits per heavy atom. The van der Waals surface area contributed by atoms with E-state index in [0.717, 1.165) is 29.5 Å². The summed E-state index contributed by atoms with van der Waals surface area (Å²) >= 11 is 3.36. The molecule has 0 saturated carbocycles. The van der Waals surface area contributed by atoms with E-state index in [1.165, 1.54) is 11.3 Å². The number of fused-ring (bicyclic) bond motifs is 1. The van der Waals surface area contributed by atoms with E-state index in [-0.39, 0.29) is 5.91 Å². The van der Waals surface area contributed by atoms with Gasteiger partial charge < -0.3 is 10.6 Å². The van der Waals surface area contributed by atoms with Crippen LogP contribution in [0.15, 0.2) is 46.9 Å². The molecule has 0 bridgehead atoms. The molecule has 2 N–H and O–H groups in total. The van der Waals surface area contributed by atoms with Crippen LogP contribution in [0.1, 0.15) is 22.3 Å². The third-order valence-corrected chi connectivity index (χ3v) is 3.94. The van der Waals surface area contributed by atoms with Crippen molar-refractivity contribution in [1.82, 2.24) is 0 Å². The third-order valence-electron chi connectivity index (χ3n) is 3.41. The Hall–Kier alpha value is -1.81. The molecule has 1 heterocycles. The van der Waals surface area contributed by atoms with Gasteiger partial charge in [0, 0.05) is 28.0 Å². The largest absolute Gasteiger partial charge is 0.385 e. The van der Waals surface area contributed by atoms with E-state index in [2.05, 4.69) is 32.6 Å². The number of carbonyl (C=O) groups excluding carboxylic acids is 1. The zero-order valence-electron chi connectivity index (χ0n) is 10.9. The van der Waals surface area contributed by atoms with Crippen LogP contribution in [0.5, 0.6) is 0 Å². The third kappa shape index (κ3) is 2.85. The molecule has 0 unspecified atom stereocenters. The number of hydrogen-bond donors (Lipinski definition) is 2. The predicted molar refractivity (Wildman–Crippen MR) is 85.3 cm³/mol. The number of anilines is 2. The summed E-state index contributed by atoms with van der Waals surface area (Å²) < 4.78 is 0.967. The normalized spacial score (nSPS) is 13.2. The van der Waals surface area contributed by atoms with Crippen molar-refractivity contribution in [2.45, 2.75) is 12.8 Å². The minimum atomic E-state index is -0.0822. The smallest absolute Gasteiger partial charge is 0.255 e. The van der Waals surface area contributed by atoms with Crippen LogP contribution in [0.2, 0.25) is 0 Å². The minimum Gasteiger partial charge on any atom is -0.385 e. The van der Waals surface area contributed by atoms with Crippen molar-refractivity contribution < 1.29 is 4.79 Å². The lowest BCUT2D eigenvalue weighted by atomic mass is 10.0. The summed E-state index contributed by atoms with van der Waals surface area (Å²) in [6.45, 7) is 1.03. The summed E-state index contributed by atoms with van der Waals surface area (Å²) in [4.78, 5) is 12.2. The SMILES string of the molecule is O=C(Nc1ccc2c(c1)CCCN2)c1ccc(Br)cc1. The first-order valence-corrected chi connectivity index (χ1v) is 7.45. The van der Waals surface area contributed by atoms with E-state index >= 15 is 0 Å². The van der Waals surface area contributed by atoms with Crippen LogP contribution in [-0.4, -0.2) is 12.5 Å². The van der Waals surface area contributed by atoms with Gasteiger partial charge in [-0.2, -0.15) is 0 Å². The minimum absolute atomic E-state index is 0.0822. The lowest BCUT2D eigenvalue weighted by Crippen LogP contribution is -2.14. The van der Waals surface area contributed by atoms with E-state index < -0.39 is 0 Å². The molecular weight excluding hydrogens is 316 g/mol. The molecule has 20 heavy (non-hydrogen) atoms. The van der Waals surface area contributed by atoms with Gasteiger partial charge in [0.05, 0.1) is 0 Å². The van der Waals surface area contributed by atoms with Crippen molar-refractivity contribution in [2.75, 3.05) is 17.2 Å². The number of benzene rings is 2. The second-order valence-electron chi connectivity index (χ2n) is 4.86. The number of amides is 1. The Labute approximate surface area is 126 Å². The Morgan fingerprint density at radius 3 is 2.75 bits per heavy atom. The van der Waals surface area contributed by atoms with Crippen molar-refractivity contribution in [3.63, 3.8) is 0 Å². The fraction of sp³-hybridized carbons (Fsp3) is 0.188. The molecule has 0 radical (unpaired) electrons. The van der Waals surface area contributed by atoms with Crippen molar-refractivity contribution in [3.05, 3.63) is 58.1 Å². The van der Waals surface area contributed by atoms with Gasteiger partial charge in [-0.05, 0) is 60.9 Å². The van der Waals surface area contributed by atoms with Crippen molar-refractivity contribution in [3.8, 4) is 0 Å². The quantitative estimate of drug-likeness (QED) is 0.871. The highest BCUT2D eigenvalue weighted by atomic mass is 79.9. The molecule has 2 aromatic carbocycles. The van der Waals surface area contributed by atoms with Gasteiger partial charge in [-0.1, -0.05) is 15.9 Å². The van der Waals surface area contributed by atoms with E-state index in [1.807, 2.05) is 24.3 Å². The summed E-state index contributed by atoms with van der Waals surface area (Å²) in [5.74, 6) is -0.0822. The summed E-state index contributed by atoms with van der Waals surface area (Å²) in [6.07, 6.45) is 2.20. The molecule has 0 spiro atoms. The highest BCUT2D eigenvalue weighted by molar-refractivity contribution is 9.10. The Morgan fingerprint density at radius 2 is 1.95 bits per heavy atom. The lowest BCUT2D eigenvalue weighted by Gasteiger charge is -2.18. The molecule has 1 amide bonds. The number of nitrogens with one attached hydrogen (secondary N) is 2. The zero-order valence-corrected chi connectivity index (χ0v) is 12.5. The van der Waals surface area contributed by atoms with Crippen LogP contribution in [0.25, 0.3) is 0 Å². The van der Waals surface area contributed by atoms with Gasteiger partial charge in [0.15, 0.2) is 0 Å². The van der Waals surface area contributed by atoms with Crippen molar-refractivity contribution >= 4 is 33.2 Å². The first-order chi connectivity index (χ1) is 9.72. The van der Waals surface area contributed by atoms with E-state index in [4.69, 9.17) is 0 Å². The van der Waals surface area contributed by atoms with Gasteiger partial charge in [-0.25, -0.2) is 0 Å². The van der Waals surface area contributed by atoms with E-state index in [9.17, 15) is 4.79 Å². The van der Waals surface area contributed by atoms with Gasteiger partial charge in [0.2, 0.25) is 0 Å². The van der Waals surface area contributed by atoms with Crippen LogP contribution in [-0.2, 0) is 6.42 Å². The maximum Gasteiger partial charge on any atom is 0.255 e. The van der Waals surface area contributed by atoms with Gasteiger partial charge in [-0.15, -0.1) is 0 Å². The van der Waals surface area contributed by atoms with Crippen LogP contribution >= 0.6 is 15.9 Å². The first kappa shape index (κ1) is 13.2. The van der Waals surface area contributed by atoms with Crippen LogP contribution in [0.3, 0.4) is 0 Å². The molecule has 0 fully saturated rings. The molecule has 1 aliphatic heterocycles. The molecule has 2 aromatic rings. The lowest BCUT2D eigenvalue weighted by molar-refractivity contribution is 0.102. The maximum absolute atomic E-state index is 12.2. The van der Waals surface area contributed by atoms with Crippen LogP contribution < -0.4 is 10.6 Å². The standard InChI is InChI=1S/C16H15BrN2O/c17-13-5-3-11(4-6-13)16(20)19-14-7-8-15-12(10-14)2-1-9-18-15/h3-8,10,18H,1-2,9H2,(H,19,20). The Bertz CT molecular complexity index is 637.